The summed E-state index contributed by atoms with van der Waals surface area (Å²) in [5, 5.41) is 10.0. The molecule has 1 aliphatic heterocycles. The van der Waals surface area contributed by atoms with Crippen LogP contribution in [0.2, 0.25) is 0 Å². The molecule has 0 radical (unpaired) electrons. The second-order valence-corrected chi connectivity index (χ2v) is 8.21. The molecule has 1 aromatic heterocycles. The van der Waals surface area contributed by atoms with Gasteiger partial charge in [-0.05, 0) is 24.6 Å². The number of nitrogens with zero attached hydrogens (tertiary/aromatic N) is 1. The number of furan rings is 1. The van der Waals surface area contributed by atoms with Gasteiger partial charge in [0.15, 0.2) is 0 Å². The van der Waals surface area contributed by atoms with Gasteiger partial charge in [0.2, 0.25) is 0 Å². The summed E-state index contributed by atoms with van der Waals surface area (Å²) < 4.78 is 26.2. The minimum atomic E-state index is -0.902. The number of carboxylic acids is 1. The fourth-order valence-electron chi connectivity index (χ4n) is 3.73. The van der Waals surface area contributed by atoms with Gasteiger partial charge in [0, 0.05) is 46.2 Å². The topological polar surface area (TPSA) is 62.9 Å². The van der Waals surface area contributed by atoms with Crippen LogP contribution in [-0.4, -0.2) is 35.2 Å². The summed E-state index contributed by atoms with van der Waals surface area (Å²) >= 11 is 3.56. The normalized spacial score (nSPS) is 17.1. The Bertz CT molecular complexity index is 1030. The lowest BCUT2D eigenvalue weighted by Crippen LogP contribution is -2.20. The van der Waals surface area contributed by atoms with Crippen molar-refractivity contribution < 1.29 is 23.4 Å². The number of halogens is 2. The van der Waals surface area contributed by atoms with Gasteiger partial charge in [-0.3, -0.25) is 9.69 Å². The summed E-state index contributed by atoms with van der Waals surface area (Å²) in [5.74, 6) is -0.355. The Kier molecular flexibility index (Phi) is 5.87. The third-order valence-electron chi connectivity index (χ3n) is 5.10. The maximum absolute atomic E-state index is 13.5. The molecule has 1 fully saturated rings. The van der Waals surface area contributed by atoms with Crippen molar-refractivity contribution in [2.75, 3.05) is 13.1 Å². The molecule has 0 spiro atoms. The first-order chi connectivity index (χ1) is 14.0. The summed E-state index contributed by atoms with van der Waals surface area (Å²) in [5.41, 5.74) is 3.27. The lowest BCUT2D eigenvalue weighted by molar-refractivity contribution is -0.136. The van der Waals surface area contributed by atoms with Crippen molar-refractivity contribution in [3.05, 3.63) is 63.8 Å². The van der Waals surface area contributed by atoms with Gasteiger partial charge in [-0.2, -0.15) is 0 Å². The molecule has 1 aliphatic rings. The molecule has 3 aromatic rings. The second-order valence-electron chi connectivity index (χ2n) is 7.29. The molecule has 5 nitrogen and oxygen atoms in total. The molecule has 7 heteroatoms. The number of carboxylic acid groups (broad SMARTS) is 1. The molecule has 4 rings (SSSR count). The van der Waals surface area contributed by atoms with E-state index in [1.54, 1.807) is 24.5 Å². The van der Waals surface area contributed by atoms with Crippen LogP contribution in [-0.2, 0) is 24.4 Å². The van der Waals surface area contributed by atoms with Gasteiger partial charge >= 0.3 is 5.97 Å². The van der Waals surface area contributed by atoms with Crippen LogP contribution in [0.4, 0.5) is 4.39 Å². The van der Waals surface area contributed by atoms with Crippen molar-refractivity contribution in [2.45, 2.75) is 32.2 Å². The van der Waals surface area contributed by atoms with Crippen LogP contribution >= 0.6 is 15.9 Å². The van der Waals surface area contributed by atoms with Crippen LogP contribution in [0.1, 0.15) is 23.1 Å². The fourth-order valence-corrected chi connectivity index (χ4v) is 4.23. The van der Waals surface area contributed by atoms with E-state index in [0.717, 1.165) is 33.1 Å². The third kappa shape index (κ3) is 4.62. The predicted molar refractivity (Wildman–Crippen MR) is 111 cm³/mol. The fraction of sp³-hybridized carbons (Fsp3) is 0.318. The number of ether oxygens (including phenoxy) is 1. The van der Waals surface area contributed by atoms with Crippen molar-refractivity contribution in [3.63, 3.8) is 0 Å². The van der Waals surface area contributed by atoms with Crippen LogP contribution in [0, 0.1) is 0 Å². The molecule has 1 saturated heterocycles. The maximum atomic E-state index is 13.5. The summed E-state index contributed by atoms with van der Waals surface area (Å²) in [7, 11) is 0. The molecule has 1 N–H and O–H groups in total. The molecule has 0 aliphatic carbocycles. The molecular weight excluding hydrogens is 441 g/mol. The number of hydrogen-bond donors (Lipinski definition) is 1. The van der Waals surface area contributed by atoms with Crippen LogP contribution < -0.4 is 4.74 Å². The molecule has 0 bridgehead atoms. The van der Waals surface area contributed by atoms with Gasteiger partial charge in [-0.25, -0.2) is 4.39 Å². The minimum absolute atomic E-state index is 0.0938. The van der Waals surface area contributed by atoms with Crippen molar-refractivity contribution >= 4 is 32.9 Å². The van der Waals surface area contributed by atoms with Crippen LogP contribution in [0.15, 0.2) is 51.6 Å². The number of fused-ring (bicyclic) bond motifs is 1. The minimum Gasteiger partial charge on any atom is -0.488 e. The predicted octanol–water partition coefficient (Wildman–Crippen LogP) is 4.95. The van der Waals surface area contributed by atoms with Gasteiger partial charge in [-0.15, -0.1) is 0 Å². The SMILES string of the molecule is O=C(O)Cc1ccccc1OCc1coc2c(CN3CC[C@H](F)C3)cc(Br)cc12. The molecule has 2 heterocycles. The van der Waals surface area contributed by atoms with Gasteiger partial charge in [0.05, 0.1) is 12.7 Å². The number of para-hydroxylation sites is 1. The number of alkyl halides is 1. The zero-order valence-electron chi connectivity index (χ0n) is 15.7. The van der Waals surface area contributed by atoms with Crippen molar-refractivity contribution in [1.29, 1.82) is 0 Å². The van der Waals surface area contributed by atoms with Crippen LogP contribution in [0.3, 0.4) is 0 Å². The third-order valence-corrected chi connectivity index (χ3v) is 5.56. The first-order valence-electron chi connectivity index (χ1n) is 9.47. The monoisotopic (exact) mass is 461 g/mol. The molecule has 0 saturated carbocycles. The highest BCUT2D eigenvalue weighted by Crippen LogP contribution is 2.31. The Labute approximate surface area is 176 Å². The zero-order chi connectivity index (χ0) is 20.4. The maximum Gasteiger partial charge on any atom is 0.307 e. The first-order valence-corrected chi connectivity index (χ1v) is 10.3. The van der Waals surface area contributed by atoms with E-state index in [2.05, 4.69) is 20.8 Å². The standard InChI is InChI=1S/C22H21BrFNO4/c23-17-7-15(10-25-6-5-18(24)11-25)22-19(9-17)16(13-29-22)12-28-20-4-2-1-3-14(20)8-21(26)27/h1-4,7,9,13,18H,5-6,8,10-12H2,(H,26,27)/t18-/m0/s1. The Morgan fingerprint density at radius 1 is 1.28 bits per heavy atom. The highest BCUT2D eigenvalue weighted by molar-refractivity contribution is 9.10. The van der Waals surface area contributed by atoms with Crippen LogP contribution in [0.5, 0.6) is 5.75 Å². The van der Waals surface area contributed by atoms with E-state index in [4.69, 9.17) is 14.3 Å². The Hall–Kier alpha value is -2.38. The summed E-state index contributed by atoms with van der Waals surface area (Å²) in [4.78, 5) is 13.2. The number of carbonyl (C=O) groups is 1. The highest BCUT2D eigenvalue weighted by Gasteiger charge is 2.23. The van der Waals surface area contributed by atoms with E-state index in [0.29, 0.717) is 30.8 Å². The highest BCUT2D eigenvalue weighted by atomic mass is 79.9. The van der Waals surface area contributed by atoms with Gasteiger partial charge in [0.25, 0.3) is 0 Å². The smallest absolute Gasteiger partial charge is 0.307 e. The van der Waals surface area contributed by atoms with E-state index >= 15 is 0 Å². The summed E-state index contributed by atoms with van der Waals surface area (Å²) in [6, 6.07) is 11.1. The molecule has 1 atom stereocenters. The molecule has 0 unspecified atom stereocenters. The lowest BCUT2D eigenvalue weighted by atomic mass is 10.1. The lowest BCUT2D eigenvalue weighted by Gasteiger charge is -2.15. The van der Waals surface area contributed by atoms with Crippen molar-refractivity contribution in [2.24, 2.45) is 0 Å². The number of likely N-dealkylation sites (tertiary alicyclic amines) is 1. The Balaban J connectivity index is 1.56. The average molecular weight is 462 g/mol. The van der Waals surface area contributed by atoms with Crippen LogP contribution in [0.25, 0.3) is 11.0 Å². The van der Waals surface area contributed by atoms with Crippen molar-refractivity contribution in [3.8, 4) is 5.75 Å². The first kappa shape index (κ1) is 19.9. The van der Waals surface area contributed by atoms with E-state index in [1.165, 1.54) is 0 Å². The number of rotatable bonds is 7. The Morgan fingerprint density at radius 3 is 2.86 bits per heavy atom. The van der Waals surface area contributed by atoms with Gasteiger partial charge in [-0.1, -0.05) is 34.1 Å². The summed E-state index contributed by atoms with van der Waals surface area (Å²) in [6.07, 6.45) is 1.39. The molecule has 0 amide bonds. The second kappa shape index (κ2) is 8.55. The van der Waals surface area contributed by atoms with E-state index < -0.39 is 12.1 Å². The number of benzene rings is 2. The molecule has 29 heavy (non-hydrogen) atoms. The molecule has 2 aromatic carbocycles. The van der Waals surface area contributed by atoms with Gasteiger partial charge < -0.3 is 14.3 Å². The molecule has 152 valence electrons. The largest absolute Gasteiger partial charge is 0.488 e. The Morgan fingerprint density at radius 2 is 2.10 bits per heavy atom. The van der Waals surface area contributed by atoms with Gasteiger partial charge in [0.1, 0.15) is 24.1 Å². The van der Waals surface area contributed by atoms with Crippen molar-refractivity contribution in [1.82, 2.24) is 4.90 Å². The number of aliphatic carboxylic acids is 1. The average Bonchev–Trinajstić information content (AvgIpc) is 3.26. The van der Waals surface area contributed by atoms with E-state index in [-0.39, 0.29) is 13.0 Å². The van der Waals surface area contributed by atoms with E-state index in [9.17, 15) is 9.18 Å². The quantitative estimate of drug-likeness (QED) is 0.539. The zero-order valence-corrected chi connectivity index (χ0v) is 17.3. The van der Waals surface area contributed by atoms with E-state index in [1.807, 2.05) is 18.2 Å². The summed E-state index contributed by atoms with van der Waals surface area (Å²) in [6.45, 7) is 2.08. The number of hydrogen-bond acceptors (Lipinski definition) is 4. The molecular formula is C22H21BrFNO4.